The Morgan fingerprint density at radius 1 is 1.26 bits per heavy atom. The first-order chi connectivity index (χ1) is 9.18. The van der Waals surface area contributed by atoms with Crippen LogP contribution < -0.4 is 10.6 Å². The molecule has 2 fully saturated rings. The molecular weight excluding hydrogens is 236 g/mol. The van der Waals surface area contributed by atoms with Crippen LogP contribution in [-0.4, -0.2) is 19.0 Å². The molecule has 1 aromatic rings. The van der Waals surface area contributed by atoms with Crippen molar-refractivity contribution in [2.45, 2.75) is 32.6 Å². The number of carbonyl (C=O) groups is 1. The Labute approximate surface area is 114 Å². The molecule has 1 amide bonds. The zero-order valence-electron chi connectivity index (χ0n) is 11.5. The van der Waals surface area contributed by atoms with Crippen LogP contribution >= 0.6 is 0 Å². The lowest BCUT2D eigenvalue weighted by Crippen LogP contribution is -2.33. The molecule has 3 nitrogen and oxygen atoms in total. The minimum absolute atomic E-state index is 0.0513. The highest BCUT2D eigenvalue weighted by atomic mass is 16.1. The molecular formula is C16H22N2O. The molecule has 19 heavy (non-hydrogen) atoms. The van der Waals surface area contributed by atoms with E-state index in [1.807, 2.05) is 31.2 Å². The van der Waals surface area contributed by atoms with Crippen molar-refractivity contribution in [2.24, 2.45) is 11.3 Å². The van der Waals surface area contributed by atoms with Crippen molar-refractivity contribution in [3.8, 4) is 0 Å². The summed E-state index contributed by atoms with van der Waals surface area (Å²) in [4.78, 5) is 11.8. The van der Waals surface area contributed by atoms with Crippen LogP contribution in [0.15, 0.2) is 24.3 Å². The topological polar surface area (TPSA) is 41.1 Å². The number of benzene rings is 1. The van der Waals surface area contributed by atoms with Gasteiger partial charge in [0, 0.05) is 12.2 Å². The van der Waals surface area contributed by atoms with Gasteiger partial charge in [0.05, 0.1) is 6.54 Å². The van der Waals surface area contributed by atoms with Gasteiger partial charge in [-0.3, -0.25) is 4.79 Å². The summed E-state index contributed by atoms with van der Waals surface area (Å²) in [5.41, 5.74) is 2.64. The third kappa shape index (κ3) is 3.16. The van der Waals surface area contributed by atoms with Gasteiger partial charge in [0.25, 0.3) is 0 Å². The van der Waals surface area contributed by atoms with Gasteiger partial charge in [-0.25, -0.2) is 0 Å². The molecule has 0 bridgehead atoms. The highest BCUT2D eigenvalue weighted by Crippen LogP contribution is 2.60. The van der Waals surface area contributed by atoms with Gasteiger partial charge in [-0.2, -0.15) is 0 Å². The molecule has 2 aliphatic rings. The van der Waals surface area contributed by atoms with E-state index < -0.39 is 0 Å². The fraction of sp³-hybridized carbons (Fsp3) is 0.562. The van der Waals surface area contributed by atoms with Crippen molar-refractivity contribution >= 4 is 11.6 Å². The maximum atomic E-state index is 11.8. The summed E-state index contributed by atoms with van der Waals surface area (Å²) in [6.45, 7) is 3.47. The Morgan fingerprint density at radius 2 is 1.95 bits per heavy atom. The predicted octanol–water partition coefficient (Wildman–Crippen LogP) is 2.71. The summed E-state index contributed by atoms with van der Waals surface area (Å²) < 4.78 is 0. The first-order valence-electron chi connectivity index (χ1n) is 7.25. The standard InChI is InChI=1S/C16H22N2O/c1-12-2-6-14(7-3-12)18-15(19)10-17-11-16(8-9-16)13-4-5-13/h2-3,6-7,13,17H,4-5,8-11H2,1H3,(H,18,19). The molecule has 0 atom stereocenters. The monoisotopic (exact) mass is 258 g/mol. The molecule has 0 aliphatic heterocycles. The summed E-state index contributed by atoms with van der Waals surface area (Å²) in [5, 5.41) is 6.25. The highest BCUT2D eigenvalue weighted by molar-refractivity contribution is 5.92. The lowest BCUT2D eigenvalue weighted by atomic mass is 10.0. The number of aryl methyl sites for hydroxylation is 1. The van der Waals surface area contributed by atoms with E-state index in [1.165, 1.54) is 31.2 Å². The SMILES string of the molecule is Cc1ccc(NC(=O)CNCC2(C3CC3)CC2)cc1. The van der Waals surface area contributed by atoms with Crippen molar-refractivity contribution in [3.05, 3.63) is 29.8 Å². The third-order valence-electron chi connectivity index (χ3n) is 4.43. The number of hydrogen-bond donors (Lipinski definition) is 2. The number of hydrogen-bond acceptors (Lipinski definition) is 2. The minimum atomic E-state index is 0.0513. The minimum Gasteiger partial charge on any atom is -0.325 e. The van der Waals surface area contributed by atoms with Crippen LogP contribution in [0.25, 0.3) is 0 Å². The van der Waals surface area contributed by atoms with Gasteiger partial charge >= 0.3 is 0 Å². The number of rotatable bonds is 6. The molecule has 102 valence electrons. The van der Waals surface area contributed by atoms with Gasteiger partial charge in [0.15, 0.2) is 0 Å². The molecule has 2 saturated carbocycles. The first-order valence-corrected chi connectivity index (χ1v) is 7.25. The van der Waals surface area contributed by atoms with Gasteiger partial charge in [-0.05, 0) is 56.1 Å². The van der Waals surface area contributed by atoms with Crippen molar-refractivity contribution in [3.63, 3.8) is 0 Å². The van der Waals surface area contributed by atoms with Crippen molar-refractivity contribution in [2.75, 3.05) is 18.4 Å². The summed E-state index contributed by atoms with van der Waals surface area (Å²) in [6, 6.07) is 7.91. The van der Waals surface area contributed by atoms with E-state index in [0.29, 0.717) is 12.0 Å². The fourth-order valence-corrected chi connectivity index (χ4v) is 2.85. The second-order valence-corrected chi connectivity index (χ2v) is 6.15. The molecule has 0 aromatic heterocycles. The maximum Gasteiger partial charge on any atom is 0.238 e. The average molecular weight is 258 g/mol. The Morgan fingerprint density at radius 3 is 2.53 bits per heavy atom. The van der Waals surface area contributed by atoms with Crippen LogP contribution in [0, 0.1) is 18.3 Å². The molecule has 0 heterocycles. The maximum absolute atomic E-state index is 11.8. The molecule has 0 spiro atoms. The molecule has 1 aromatic carbocycles. The zero-order valence-corrected chi connectivity index (χ0v) is 11.5. The molecule has 0 unspecified atom stereocenters. The molecule has 0 saturated heterocycles. The van der Waals surface area contributed by atoms with E-state index in [2.05, 4.69) is 10.6 Å². The molecule has 0 radical (unpaired) electrons. The number of carbonyl (C=O) groups excluding carboxylic acids is 1. The summed E-state index contributed by atoms with van der Waals surface area (Å²) in [7, 11) is 0. The van der Waals surface area contributed by atoms with Crippen molar-refractivity contribution in [1.29, 1.82) is 0 Å². The second-order valence-electron chi connectivity index (χ2n) is 6.15. The Hall–Kier alpha value is -1.35. The second kappa shape index (κ2) is 4.97. The van der Waals surface area contributed by atoms with E-state index in [-0.39, 0.29) is 5.91 Å². The number of amides is 1. The van der Waals surface area contributed by atoms with E-state index in [0.717, 1.165) is 18.2 Å². The lowest BCUT2D eigenvalue weighted by Gasteiger charge is -2.14. The molecule has 2 N–H and O–H groups in total. The van der Waals surface area contributed by atoms with Gasteiger partial charge in [-0.15, -0.1) is 0 Å². The highest BCUT2D eigenvalue weighted by Gasteiger charge is 2.53. The van der Waals surface area contributed by atoms with E-state index in [4.69, 9.17) is 0 Å². The zero-order chi connectivity index (χ0) is 13.3. The Bertz CT molecular complexity index is 458. The summed E-state index contributed by atoms with van der Waals surface area (Å²) in [6.07, 6.45) is 5.50. The van der Waals surface area contributed by atoms with Gasteiger partial charge < -0.3 is 10.6 Å². The first kappa shape index (κ1) is 12.7. The number of anilines is 1. The quantitative estimate of drug-likeness (QED) is 0.823. The van der Waals surface area contributed by atoms with E-state index >= 15 is 0 Å². The van der Waals surface area contributed by atoms with Crippen LogP contribution in [0.4, 0.5) is 5.69 Å². The van der Waals surface area contributed by atoms with Crippen LogP contribution in [0.3, 0.4) is 0 Å². The number of nitrogens with one attached hydrogen (secondary N) is 2. The van der Waals surface area contributed by atoms with Crippen LogP contribution in [0.1, 0.15) is 31.2 Å². The third-order valence-corrected chi connectivity index (χ3v) is 4.43. The Balaban J connectivity index is 1.40. The van der Waals surface area contributed by atoms with Crippen molar-refractivity contribution in [1.82, 2.24) is 5.32 Å². The normalized spacial score (nSPS) is 20.1. The largest absolute Gasteiger partial charge is 0.325 e. The van der Waals surface area contributed by atoms with Crippen LogP contribution in [0.2, 0.25) is 0 Å². The van der Waals surface area contributed by atoms with Crippen LogP contribution in [-0.2, 0) is 4.79 Å². The molecule has 2 aliphatic carbocycles. The van der Waals surface area contributed by atoms with E-state index in [1.54, 1.807) is 0 Å². The fourth-order valence-electron chi connectivity index (χ4n) is 2.85. The van der Waals surface area contributed by atoms with Gasteiger partial charge in [0.1, 0.15) is 0 Å². The van der Waals surface area contributed by atoms with Gasteiger partial charge in [-0.1, -0.05) is 17.7 Å². The lowest BCUT2D eigenvalue weighted by molar-refractivity contribution is -0.115. The summed E-state index contributed by atoms with van der Waals surface area (Å²) in [5.74, 6) is 0.996. The Kier molecular flexibility index (Phi) is 3.31. The van der Waals surface area contributed by atoms with E-state index in [9.17, 15) is 4.79 Å². The smallest absolute Gasteiger partial charge is 0.238 e. The average Bonchev–Trinajstić information content (AvgIpc) is 3.25. The summed E-state index contributed by atoms with van der Waals surface area (Å²) >= 11 is 0. The van der Waals surface area contributed by atoms with Crippen molar-refractivity contribution < 1.29 is 4.79 Å². The molecule has 3 heteroatoms. The van der Waals surface area contributed by atoms with Crippen LogP contribution in [0.5, 0.6) is 0 Å². The molecule has 3 rings (SSSR count). The predicted molar refractivity (Wildman–Crippen MR) is 77.1 cm³/mol. The van der Waals surface area contributed by atoms with Gasteiger partial charge in [0.2, 0.25) is 5.91 Å².